The van der Waals surface area contributed by atoms with E-state index in [1.807, 2.05) is 31.2 Å². The highest BCUT2D eigenvalue weighted by Gasteiger charge is 2.36. The third-order valence-electron chi connectivity index (χ3n) is 9.10. The second kappa shape index (κ2) is 12.8. The van der Waals surface area contributed by atoms with Crippen molar-refractivity contribution in [2.45, 2.75) is 58.3 Å². The fraction of sp³-hybridized carbons (Fsp3) is 0.361. The van der Waals surface area contributed by atoms with Crippen LogP contribution in [0.2, 0.25) is 0 Å². The van der Waals surface area contributed by atoms with E-state index in [1.54, 1.807) is 19.3 Å². The standard InChI is InChI=1S/C36H38F2N4O4S/c1-35(2)13-6-14-36(3,23-8-5-7-22(17-23)18-31(43)44)34-40-33(42(4)41-34)27-19-24(9-10-28(27)37)46-32-26(12-16-47(45)21-35)25-11-15-39-30(25)20-29(32)38/h5,7-11,15,17,19-20,39H,6,12-14,16,18,21H2,1-4H3,(H,43,44). The largest absolute Gasteiger partial charge is 0.616 e. The van der Waals surface area contributed by atoms with E-state index in [0.717, 1.165) is 23.8 Å². The third kappa shape index (κ3) is 6.78. The van der Waals surface area contributed by atoms with Gasteiger partial charge in [-0.1, -0.05) is 55.7 Å². The minimum absolute atomic E-state index is 0.0134. The summed E-state index contributed by atoms with van der Waals surface area (Å²) in [5, 5.41) is 15.0. The number of aryl methyl sites for hydroxylation is 2. The lowest BCUT2D eigenvalue weighted by Gasteiger charge is -2.31. The number of carboxylic acids is 1. The van der Waals surface area contributed by atoms with Crippen molar-refractivity contribution in [2.75, 3.05) is 11.5 Å². The Morgan fingerprint density at radius 1 is 1.11 bits per heavy atom. The third-order valence-corrected chi connectivity index (χ3v) is 10.9. The van der Waals surface area contributed by atoms with Gasteiger partial charge in [0.15, 0.2) is 23.2 Å². The lowest BCUT2D eigenvalue weighted by molar-refractivity contribution is -0.136. The number of aromatic amines is 1. The summed E-state index contributed by atoms with van der Waals surface area (Å²) < 4.78 is 52.3. The molecule has 0 saturated heterocycles. The molecule has 0 radical (unpaired) electrons. The van der Waals surface area contributed by atoms with Crippen LogP contribution in [0.5, 0.6) is 11.5 Å². The monoisotopic (exact) mass is 660 g/mol. The average Bonchev–Trinajstić information content (AvgIpc) is 3.63. The Kier molecular flexibility index (Phi) is 8.88. The normalized spacial score (nSPS) is 20.2. The van der Waals surface area contributed by atoms with Gasteiger partial charge in [-0.2, -0.15) is 5.10 Å². The number of fused-ring (bicyclic) bond motifs is 8. The molecule has 2 unspecified atom stereocenters. The molecule has 3 heterocycles. The van der Waals surface area contributed by atoms with E-state index >= 15 is 8.78 Å². The summed E-state index contributed by atoms with van der Waals surface area (Å²) >= 11 is -1.20. The van der Waals surface area contributed by atoms with Gasteiger partial charge in [0.1, 0.15) is 23.1 Å². The lowest BCUT2D eigenvalue weighted by atomic mass is 9.75. The first-order valence-corrected chi connectivity index (χ1v) is 17.2. The molecule has 0 amide bonds. The predicted octanol–water partition coefficient (Wildman–Crippen LogP) is 7.47. The van der Waals surface area contributed by atoms with Gasteiger partial charge >= 0.3 is 5.97 Å². The van der Waals surface area contributed by atoms with Crippen molar-refractivity contribution in [3.05, 3.63) is 94.9 Å². The molecule has 0 saturated carbocycles. The number of hydrogen-bond donors (Lipinski definition) is 2. The summed E-state index contributed by atoms with van der Waals surface area (Å²) in [7, 11) is 1.69. The van der Waals surface area contributed by atoms with Crippen molar-refractivity contribution in [1.29, 1.82) is 0 Å². The number of ether oxygens (including phenoxy) is 1. The van der Waals surface area contributed by atoms with E-state index in [2.05, 4.69) is 18.8 Å². The van der Waals surface area contributed by atoms with Crippen LogP contribution < -0.4 is 4.74 Å². The molecule has 0 aliphatic carbocycles. The summed E-state index contributed by atoms with van der Waals surface area (Å²) in [5.74, 6) is -0.300. The number of carbonyl (C=O) groups is 1. The number of aliphatic carboxylic acids is 1. The predicted molar refractivity (Wildman–Crippen MR) is 178 cm³/mol. The summed E-state index contributed by atoms with van der Waals surface area (Å²) in [6.07, 6.45) is 4.06. The number of rotatable bonds is 3. The van der Waals surface area contributed by atoms with E-state index in [9.17, 15) is 14.5 Å². The summed E-state index contributed by atoms with van der Waals surface area (Å²) in [6.45, 7) is 6.22. The molecule has 0 spiro atoms. The van der Waals surface area contributed by atoms with E-state index in [1.165, 1.54) is 28.9 Å². The SMILES string of the molecule is Cn1nc2nc1-c1cc(ccc1F)Oc1c(F)cc3[nH]ccc3c1CC[S+]([O-])CC(C)(C)CCCC2(C)c1cccc(CC(=O)O)c1. The van der Waals surface area contributed by atoms with Crippen LogP contribution in [-0.4, -0.2) is 46.9 Å². The number of nitrogens with one attached hydrogen (secondary N) is 1. The van der Waals surface area contributed by atoms with E-state index in [4.69, 9.17) is 14.8 Å². The molecule has 6 rings (SSSR count). The molecule has 5 aromatic rings. The highest BCUT2D eigenvalue weighted by molar-refractivity contribution is 7.91. The highest BCUT2D eigenvalue weighted by atomic mass is 32.2. The first-order chi connectivity index (χ1) is 22.3. The van der Waals surface area contributed by atoms with E-state index in [0.29, 0.717) is 46.8 Å². The number of nitrogens with zero attached hydrogens (tertiary/aromatic N) is 3. The van der Waals surface area contributed by atoms with Gasteiger partial charge < -0.3 is 19.4 Å². The second-order valence-corrected chi connectivity index (χ2v) is 15.0. The molecule has 2 aromatic heterocycles. The molecule has 4 bridgehead atoms. The molecule has 246 valence electrons. The minimum Gasteiger partial charge on any atom is -0.616 e. The average molecular weight is 661 g/mol. The fourth-order valence-corrected chi connectivity index (χ4v) is 8.18. The van der Waals surface area contributed by atoms with Gasteiger partial charge in [0.2, 0.25) is 0 Å². The topological polar surface area (TPSA) is 116 Å². The Balaban J connectivity index is 1.49. The maximum atomic E-state index is 15.6. The fourth-order valence-electron chi connectivity index (χ4n) is 6.59. The Morgan fingerprint density at radius 2 is 1.91 bits per heavy atom. The molecule has 1 aliphatic heterocycles. The Bertz CT molecular complexity index is 1950. The zero-order valence-corrected chi connectivity index (χ0v) is 27.7. The van der Waals surface area contributed by atoms with Crippen molar-refractivity contribution < 1.29 is 28.0 Å². The molecule has 2 atom stereocenters. The summed E-state index contributed by atoms with van der Waals surface area (Å²) in [4.78, 5) is 19.5. The number of halogens is 2. The first-order valence-electron chi connectivity index (χ1n) is 15.7. The molecular formula is C36H38F2N4O4S. The summed E-state index contributed by atoms with van der Waals surface area (Å²) in [6, 6.07) is 14.8. The van der Waals surface area contributed by atoms with Gasteiger partial charge in [-0.25, -0.2) is 18.4 Å². The zero-order chi connectivity index (χ0) is 33.5. The minimum atomic E-state index is -1.20. The van der Waals surface area contributed by atoms with Gasteiger partial charge in [0.25, 0.3) is 0 Å². The van der Waals surface area contributed by atoms with Crippen LogP contribution in [0.1, 0.15) is 62.5 Å². The van der Waals surface area contributed by atoms with Crippen LogP contribution in [0.25, 0.3) is 22.3 Å². The van der Waals surface area contributed by atoms with Gasteiger partial charge in [-0.15, -0.1) is 0 Å². The molecule has 47 heavy (non-hydrogen) atoms. The Morgan fingerprint density at radius 3 is 2.70 bits per heavy atom. The maximum absolute atomic E-state index is 15.6. The van der Waals surface area contributed by atoms with Crippen LogP contribution in [0, 0.1) is 17.0 Å². The van der Waals surface area contributed by atoms with E-state index in [-0.39, 0.29) is 34.7 Å². The summed E-state index contributed by atoms with van der Waals surface area (Å²) in [5.41, 5.74) is 1.84. The Labute approximate surface area is 275 Å². The number of hydrogen-bond acceptors (Lipinski definition) is 5. The molecule has 0 fully saturated rings. The number of benzene rings is 3. The van der Waals surface area contributed by atoms with Crippen LogP contribution in [-0.2, 0) is 41.3 Å². The highest BCUT2D eigenvalue weighted by Crippen LogP contribution is 2.41. The van der Waals surface area contributed by atoms with Gasteiger partial charge in [-0.3, -0.25) is 4.79 Å². The number of aromatic nitrogens is 4. The molecule has 1 aliphatic rings. The van der Waals surface area contributed by atoms with Crippen molar-refractivity contribution in [3.63, 3.8) is 0 Å². The molecule has 11 heteroatoms. The van der Waals surface area contributed by atoms with Gasteiger partial charge in [0, 0.05) is 47.6 Å². The number of carboxylic acid groups (broad SMARTS) is 1. The van der Waals surface area contributed by atoms with Gasteiger partial charge in [0.05, 0.1) is 17.4 Å². The maximum Gasteiger partial charge on any atom is 0.307 e. The van der Waals surface area contributed by atoms with Crippen molar-refractivity contribution >= 4 is 28.0 Å². The van der Waals surface area contributed by atoms with Crippen molar-refractivity contribution in [2.24, 2.45) is 12.5 Å². The lowest BCUT2D eigenvalue weighted by Crippen LogP contribution is -2.29. The van der Waals surface area contributed by atoms with Crippen molar-refractivity contribution in [1.82, 2.24) is 19.7 Å². The molecule has 2 N–H and O–H groups in total. The van der Waals surface area contributed by atoms with Crippen molar-refractivity contribution in [3.8, 4) is 22.9 Å². The smallest absolute Gasteiger partial charge is 0.307 e. The van der Waals surface area contributed by atoms with E-state index < -0.39 is 34.2 Å². The van der Waals surface area contributed by atoms with Crippen LogP contribution in [0.4, 0.5) is 8.78 Å². The number of H-pyrrole nitrogens is 1. The first kappa shape index (κ1) is 32.7. The molecule has 3 aromatic carbocycles. The van der Waals surface area contributed by atoms with Crippen LogP contribution >= 0.6 is 0 Å². The molecule has 8 nitrogen and oxygen atoms in total. The molecular weight excluding hydrogens is 622 g/mol. The van der Waals surface area contributed by atoms with Crippen LogP contribution in [0.3, 0.4) is 0 Å². The quantitative estimate of drug-likeness (QED) is 0.194. The van der Waals surface area contributed by atoms with Gasteiger partial charge in [-0.05, 0) is 55.2 Å². The van der Waals surface area contributed by atoms with Crippen LogP contribution in [0.15, 0.2) is 60.8 Å². The Hall–Kier alpha value is -4.22. The zero-order valence-electron chi connectivity index (χ0n) is 26.9. The second-order valence-electron chi connectivity index (χ2n) is 13.4.